The van der Waals surface area contributed by atoms with Crippen LogP contribution in [-0.4, -0.2) is 17.0 Å². The van der Waals surface area contributed by atoms with Crippen molar-refractivity contribution in [1.82, 2.24) is 10.2 Å². The summed E-state index contributed by atoms with van der Waals surface area (Å²) >= 11 is 5.78. The summed E-state index contributed by atoms with van der Waals surface area (Å²) in [6.45, 7) is 0.0335. The monoisotopic (exact) mass is 255 g/mol. The van der Waals surface area contributed by atoms with Gasteiger partial charge in [0.25, 0.3) is 0 Å². The van der Waals surface area contributed by atoms with Crippen molar-refractivity contribution in [2.75, 3.05) is 12.5 Å². The van der Waals surface area contributed by atoms with Gasteiger partial charge >= 0.3 is 0 Å². The number of aromatic amines is 1. The molecule has 3 N–H and O–H groups in total. The Morgan fingerprint density at radius 2 is 2.24 bits per heavy atom. The van der Waals surface area contributed by atoms with E-state index in [0.29, 0.717) is 17.2 Å². The minimum atomic E-state index is -0.598. The zero-order chi connectivity index (χ0) is 12.0. The first-order valence-electron chi connectivity index (χ1n) is 4.75. The molecule has 88 valence electrons. The number of nitrogen functional groups attached to an aromatic ring is 1. The van der Waals surface area contributed by atoms with Gasteiger partial charge in [0.2, 0.25) is 6.79 Å². The summed E-state index contributed by atoms with van der Waals surface area (Å²) in [5, 5.41) is 6.30. The Bertz CT molecular complexity index is 599. The van der Waals surface area contributed by atoms with E-state index in [4.69, 9.17) is 26.8 Å². The Kier molecular flexibility index (Phi) is 2.12. The van der Waals surface area contributed by atoms with Gasteiger partial charge in [0.1, 0.15) is 5.82 Å². The molecule has 17 heavy (non-hydrogen) atoms. The fraction of sp³-hybridized carbons (Fsp3) is 0.100. The van der Waals surface area contributed by atoms with E-state index >= 15 is 0 Å². The first kappa shape index (κ1) is 10.2. The van der Waals surface area contributed by atoms with E-state index in [1.165, 1.54) is 12.1 Å². The number of hydrogen-bond donors (Lipinski definition) is 2. The average molecular weight is 256 g/mol. The number of fused-ring (bicyclic) bond motifs is 1. The molecule has 3 rings (SSSR count). The predicted octanol–water partition coefficient (Wildman–Crippen LogP) is 2.18. The number of benzene rings is 1. The minimum absolute atomic E-state index is 0.0335. The molecule has 0 fully saturated rings. The normalized spacial score (nSPS) is 13.1. The number of hydrogen-bond acceptors (Lipinski definition) is 4. The highest BCUT2D eigenvalue weighted by Gasteiger charge is 2.26. The van der Waals surface area contributed by atoms with E-state index in [1.54, 1.807) is 0 Å². The zero-order valence-electron chi connectivity index (χ0n) is 8.46. The Hall–Kier alpha value is -1.95. The van der Waals surface area contributed by atoms with Gasteiger partial charge in [0, 0.05) is 12.1 Å². The topological polar surface area (TPSA) is 73.2 Å². The molecule has 0 amide bonds. The Morgan fingerprint density at radius 1 is 1.41 bits per heavy atom. The van der Waals surface area contributed by atoms with E-state index < -0.39 is 5.82 Å². The lowest BCUT2D eigenvalue weighted by Crippen LogP contribution is -1.94. The second kappa shape index (κ2) is 3.53. The molecule has 0 aliphatic carbocycles. The van der Waals surface area contributed by atoms with E-state index in [-0.39, 0.29) is 23.2 Å². The number of nitrogens with zero attached hydrogens (tertiary/aromatic N) is 1. The fourth-order valence-corrected chi connectivity index (χ4v) is 1.89. The molecular weight excluding hydrogens is 249 g/mol. The Morgan fingerprint density at radius 3 is 2.94 bits per heavy atom. The highest BCUT2D eigenvalue weighted by atomic mass is 35.5. The van der Waals surface area contributed by atoms with E-state index in [2.05, 4.69) is 10.2 Å². The van der Waals surface area contributed by atoms with Crippen LogP contribution in [0, 0.1) is 5.82 Å². The second-order valence-corrected chi connectivity index (χ2v) is 3.89. The van der Waals surface area contributed by atoms with Gasteiger partial charge in [-0.2, -0.15) is 5.10 Å². The van der Waals surface area contributed by atoms with Gasteiger partial charge in [-0.15, -0.1) is 0 Å². The Balaban J connectivity index is 2.28. The molecule has 0 radical (unpaired) electrons. The average Bonchev–Trinajstić information content (AvgIpc) is 2.89. The van der Waals surface area contributed by atoms with Gasteiger partial charge in [-0.25, -0.2) is 4.39 Å². The van der Waals surface area contributed by atoms with Crippen LogP contribution in [0.3, 0.4) is 0 Å². The number of rotatable bonds is 1. The van der Waals surface area contributed by atoms with Gasteiger partial charge in [-0.05, 0) is 0 Å². The molecular formula is C10H7ClFN3O2. The van der Waals surface area contributed by atoms with Gasteiger partial charge in [-0.3, -0.25) is 5.10 Å². The first-order valence-corrected chi connectivity index (χ1v) is 5.13. The lowest BCUT2D eigenvalue weighted by molar-refractivity contribution is 0.174. The van der Waals surface area contributed by atoms with Crippen molar-refractivity contribution in [3.05, 3.63) is 23.0 Å². The van der Waals surface area contributed by atoms with E-state index in [9.17, 15) is 4.39 Å². The molecule has 0 spiro atoms. The highest BCUT2D eigenvalue weighted by molar-refractivity contribution is 6.31. The SMILES string of the molecule is Nc1cc(-c2c(F)c(Cl)cc3c2OCO3)[nH]n1. The molecule has 0 atom stereocenters. The lowest BCUT2D eigenvalue weighted by Gasteiger charge is -2.06. The van der Waals surface area contributed by atoms with Crippen molar-refractivity contribution in [2.24, 2.45) is 0 Å². The van der Waals surface area contributed by atoms with Gasteiger partial charge in [0.05, 0.1) is 16.3 Å². The summed E-state index contributed by atoms with van der Waals surface area (Å²) in [6.07, 6.45) is 0. The van der Waals surface area contributed by atoms with E-state index in [1.807, 2.05) is 0 Å². The summed E-state index contributed by atoms with van der Waals surface area (Å²) in [7, 11) is 0. The van der Waals surface area contributed by atoms with Crippen LogP contribution >= 0.6 is 11.6 Å². The summed E-state index contributed by atoms with van der Waals surface area (Å²) < 4.78 is 24.4. The molecule has 1 aliphatic rings. The van der Waals surface area contributed by atoms with Gasteiger partial charge in [0.15, 0.2) is 17.3 Å². The Labute approximate surface area is 100 Å². The largest absolute Gasteiger partial charge is 0.454 e. The highest BCUT2D eigenvalue weighted by Crippen LogP contribution is 2.45. The summed E-state index contributed by atoms with van der Waals surface area (Å²) in [5.74, 6) is 0.363. The quantitative estimate of drug-likeness (QED) is 0.819. The van der Waals surface area contributed by atoms with Crippen LogP contribution in [0.25, 0.3) is 11.3 Å². The zero-order valence-corrected chi connectivity index (χ0v) is 9.21. The maximum atomic E-state index is 14.0. The molecule has 0 unspecified atom stereocenters. The molecule has 0 saturated heterocycles. The smallest absolute Gasteiger partial charge is 0.231 e. The van der Waals surface area contributed by atoms with Crippen LogP contribution < -0.4 is 15.2 Å². The van der Waals surface area contributed by atoms with Crippen molar-refractivity contribution in [1.29, 1.82) is 0 Å². The van der Waals surface area contributed by atoms with Crippen LogP contribution in [0.2, 0.25) is 5.02 Å². The van der Waals surface area contributed by atoms with Crippen LogP contribution in [0.5, 0.6) is 11.5 Å². The number of H-pyrrole nitrogens is 1. The van der Waals surface area contributed by atoms with Crippen molar-refractivity contribution in [2.45, 2.75) is 0 Å². The van der Waals surface area contributed by atoms with Crippen LogP contribution in [0.15, 0.2) is 12.1 Å². The maximum absolute atomic E-state index is 14.0. The minimum Gasteiger partial charge on any atom is -0.454 e. The van der Waals surface area contributed by atoms with Crippen molar-refractivity contribution in [3.63, 3.8) is 0 Å². The van der Waals surface area contributed by atoms with Gasteiger partial charge in [-0.1, -0.05) is 11.6 Å². The summed E-state index contributed by atoms with van der Waals surface area (Å²) in [5.41, 5.74) is 6.05. The predicted molar refractivity (Wildman–Crippen MR) is 59.5 cm³/mol. The number of aromatic nitrogens is 2. The molecule has 1 aromatic heterocycles. The standard InChI is InChI=1S/C10H7ClFN3O2/c11-4-1-6-10(17-3-16-6)8(9(4)12)5-2-7(13)15-14-5/h1-2H,3H2,(H3,13,14,15). The first-order chi connectivity index (χ1) is 8.16. The number of ether oxygens (including phenoxy) is 2. The third-order valence-electron chi connectivity index (χ3n) is 2.42. The third kappa shape index (κ3) is 1.49. The molecule has 2 heterocycles. The summed E-state index contributed by atoms with van der Waals surface area (Å²) in [6, 6.07) is 2.87. The molecule has 1 aliphatic heterocycles. The number of anilines is 1. The van der Waals surface area contributed by atoms with Crippen molar-refractivity contribution in [3.8, 4) is 22.8 Å². The molecule has 0 saturated carbocycles. The fourth-order valence-electron chi connectivity index (χ4n) is 1.69. The number of nitrogens with one attached hydrogen (secondary N) is 1. The molecule has 2 aromatic rings. The second-order valence-electron chi connectivity index (χ2n) is 3.49. The lowest BCUT2D eigenvalue weighted by atomic mass is 10.1. The van der Waals surface area contributed by atoms with Crippen molar-refractivity contribution >= 4 is 17.4 Å². The van der Waals surface area contributed by atoms with E-state index in [0.717, 1.165) is 0 Å². The molecule has 5 nitrogen and oxygen atoms in total. The molecule has 7 heteroatoms. The van der Waals surface area contributed by atoms with Gasteiger partial charge < -0.3 is 15.2 Å². The summed E-state index contributed by atoms with van der Waals surface area (Å²) in [4.78, 5) is 0. The molecule has 0 bridgehead atoms. The third-order valence-corrected chi connectivity index (χ3v) is 2.70. The number of halogens is 2. The van der Waals surface area contributed by atoms with Crippen molar-refractivity contribution < 1.29 is 13.9 Å². The number of nitrogens with two attached hydrogens (primary N) is 1. The maximum Gasteiger partial charge on any atom is 0.231 e. The van der Waals surface area contributed by atoms with Crippen LogP contribution in [0.1, 0.15) is 0 Å². The van der Waals surface area contributed by atoms with Crippen LogP contribution in [0.4, 0.5) is 10.2 Å². The molecule has 1 aromatic carbocycles. The van der Waals surface area contributed by atoms with Crippen LogP contribution in [-0.2, 0) is 0 Å².